The second-order valence-electron chi connectivity index (χ2n) is 9.54. The largest absolute Gasteiger partial charge is 0.496 e. The maximum Gasteiger partial charge on any atom is 0.421 e. The minimum Gasteiger partial charge on any atom is -0.496 e. The van der Waals surface area contributed by atoms with E-state index >= 15 is 0 Å². The number of para-hydroxylation sites is 1. The van der Waals surface area contributed by atoms with E-state index in [1.165, 1.54) is 19.4 Å². The highest BCUT2D eigenvalue weighted by molar-refractivity contribution is 6.19. The zero-order valence-electron chi connectivity index (χ0n) is 23.8. The first-order valence-electron chi connectivity index (χ1n) is 12.9. The van der Waals surface area contributed by atoms with E-state index in [2.05, 4.69) is 9.98 Å². The Morgan fingerprint density at radius 1 is 1.07 bits per heavy atom. The molecule has 0 N–H and O–H groups in total. The lowest BCUT2D eigenvalue weighted by Gasteiger charge is -2.18. The van der Waals surface area contributed by atoms with Gasteiger partial charge in [-0.3, -0.25) is 14.8 Å². The molecule has 0 saturated heterocycles. The molecule has 4 aromatic rings. The van der Waals surface area contributed by atoms with Crippen LogP contribution in [0.3, 0.4) is 0 Å². The summed E-state index contributed by atoms with van der Waals surface area (Å²) in [7, 11) is 3.24. The van der Waals surface area contributed by atoms with Gasteiger partial charge in [0.15, 0.2) is 0 Å². The van der Waals surface area contributed by atoms with E-state index in [9.17, 15) is 18.0 Å². The summed E-state index contributed by atoms with van der Waals surface area (Å²) in [4.78, 5) is 26.4. The number of alkyl halides is 3. The van der Waals surface area contributed by atoms with Gasteiger partial charge in [-0.15, -0.1) is 0 Å². The molecule has 10 heteroatoms. The van der Waals surface area contributed by atoms with Gasteiger partial charge in [-0.2, -0.15) is 13.2 Å². The van der Waals surface area contributed by atoms with Crippen LogP contribution < -0.4 is 15.0 Å². The Morgan fingerprint density at radius 2 is 1.80 bits per heavy atom. The number of aromatic nitrogens is 3. The van der Waals surface area contributed by atoms with E-state index in [1.54, 1.807) is 26.1 Å². The number of nitrogens with zero attached hydrogens (tertiary/aromatic N) is 4. The standard InChI is InChI=1S/C31H31F3N4O3/c1-7-18(2)28(35-5)22-14-19(3)37-29-21(22)10-8-12-26(29)41-17-23-25(36-20(4)15-27(23)40-6)16-38-13-9-11-24(30(38)39)31(32,33)34/h7-15H,16-17H2,1-6H3/b18-7-,35-28+. The molecule has 0 aliphatic carbocycles. The molecule has 0 aliphatic rings. The summed E-state index contributed by atoms with van der Waals surface area (Å²) in [5, 5.41) is 0.861. The summed E-state index contributed by atoms with van der Waals surface area (Å²) in [6.07, 6.45) is -1.47. The van der Waals surface area contributed by atoms with Crippen molar-refractivity contribution in [3.8, 4) is 11.5 Å². The van der Waals surface area contributed by atoms with E-state index in [4.69, 9.17) is 14.5 Å². The number of hydrogen-bond donors (Lipinski definition) is 0. The predicted molar refractivity (Wildman–Crippen MR) is 153 cm³/mol. The van der Waals surface area contributed by atoms with Crippen molar-refractivity contribution < 1.29 is 22.6 Å². The number of methoxy groups -OCH3 is 1. The first-order chi connectivity index (χ1) is 19.5. The van der Waals surface area contributed by atoms with E-state index in [0.717, 1.165) is 38.6 Å². The van der Waals surface area contributed by atoms with Gasteiger partial charge < -0.3 is 14.0 Å². The highest BCUT2D eigenvalue weighted by Crippen LogP contribution is 2.31. The topological polar surface area (TPSA) is 78.6 Å². The fraction of sp³-hybridized carbons (Fsp3) is 0.290. The van der Waals surface area contributed by atoms with Crippen LogP contribution in [0.2, 0.25) is 0 Å². The van der Waals surface area contributed by atoms with E-state index < -0.39 is 17.3 Å². The van der Waals surface area contributed by atoms with Crippen LogP contribution >= 0.6 is 0 Å². The van der Waals surface area contributed by atoms with Crippen LogP contribution in [0, 0.1) is 13.8 Å². The van der Waals surface area contributed by atoms with Crippen molar-refractivity contribution in [3.05, 3.63) is 104 Å². The molecule has 0 atom stereocenters. The number of pyridine rings is 3. The minimum atomic E-state index is -4.77. The van der Waals surface area contributed by atoms with Crippen LogP contribution in [0.15, 0.2) is 70.1 Å². The molecule has 0 fully saturated rings. The van der Waals surface area contributed by atoms with E-state index in [1.807, 2.05) is 45.0 Å². The highest BCUT2D eigenvalue weighted by atomic mass is 19.4. The monoisotopic (exact) mass is 564 g/mol. The number of aryl methyl sites for hydroxylation is 2. The molecule has 0 unspecified atom stereocenters. The van der Waals surface area contributed by atoms with Gasteiger partial charge in [0.2, 0.25) is 0 Å². The third kappa shape index (κ3) is 6.16. The molecule has 3 aromatic heterocycles. The summed E-state index contributed by atoms with van der Waals surface area (Å²) >= 11 is 0. The van der Waals surface area contributed by atoms with Crippen molar-refractivity contribution in [2.75, 3.05) is 14.2 Å². The molecule has 4 rings (SSSR count). The quantitative estimate of drug-likeness (QED) is 0.230. The van der Waals surface area contributed by atoms with Gasteiger partial charge in [-0.05, 0) is 57.5 Å². The Balaban J connectivity index is 1.77. The van der Waals surface area contributed by atoms with Gasteiger partial charge in [0, 0.05) is 41.6 Å². The average Bonchev–Trinajstić information content (AvgIpc) is 2.92. The third-order valence-electron chi connectivity index (χ3n) is 6.75. The molecular formula is C31H31F3N4O3. The van der Waals surface area contributed by atoms with Gasteiger partial charge >= 0.3 is 6.18 Å². The molecule has 0 aliphatic heterocycles. The first-order valence-corrected chi connectivity index (χ1v) is 12.9. The van der Waals surface area contributed by atoms with Gasteiger partial charge in [-0.1, -0.05) is 18.2 Å². The molecule has 0 saturated carbocycles. The fourth-order valence-corrected chi connectivity index (χ4v) is 4.70. The molecule has 41 heavy (non-hydrogen) atoms. The van der Waals surface area contributed by atoms with Crippen LogP contribution in [-0.2, 0) is 19.3 Å². The van der Waals surface area contributed by atoms with Crippen LogP contribution in [0.1, 0.15) is 47.6 Å². The van der Waals surface area contributed by atoms with Gasteiger partial charge in [0.25, 0.3) is 5.56 Å². The van der Waals surface area contributed by atoms with Crippen molar-refractivity contribution in [1.29, 1.82) is 0 Å². The van der Waals surface area contributed by atoms with Crippen molar-refractivity contribution in [2.24, 2.45) is 4.99 Å². The van der Waals surface area contributed by atoms with Gasteiger partial charge in [0.1, 0.15) is 29.2 Å². The normalized spacial score (nSPS) is 12.6. The van der Waals surface area contributed by atoms with Crippen molar-refractivity contribution >= 4 is 16.6 Å². The number of allylic oxidation sites excluding steroid dienone is 2. The Hall–Kier alpha value is -4.47. The highest BCUT2D eigenvalue weighted by Gasteiger charge is 2.34. The molecule has 3 heterocycles. The number of fused-ring (bicyclic) bond motifs is 1. The molecule has 214 valence electrons. The number of benzene rings is 1. The Bertz CT molecular complexity index is 1720. The molecule has 0 amide bonds. The Kier molecular flexibility index (Phi) is 8.60. The Labute approximate surface area is 236 Å². The van der Waals surface area contributed by atoms with Crippen molar-refractivity contribution in [2.45, 2.75) is 47.0 Å². The zero-order chi connectivity index (χ0) is 29.9. The lowest BCUT2D eigenvalue weighted by Crippen LogP contribution is -2.29. The zero-order valence-corrected chi connectivity index (χ0v) is 23.8. The molecule has 0 radical (unpaired) electrons. The summed E-state index contributed by atoms with van der Waals surface area (Å²) in [5.41, 5.74) is 3.27. The fourth-order valence-electron chi connectivity index (χ4n) is 4.70. The van der Waals surface area contributed by atoms with Crippen LogP contribution in [-0.4, -0.2) is 34.4 Å². The summed E-state index contributed by atoms with van der Waals surface area (Å²) in [6, 6.07) is 11.3. The maximum absolute atomic E-state index is 13.4. The number of ether oxygens (including phenoxy) is 2. The van der Waals surface area contributed by atoms with Gasteiger partial charge in [-0.25, -0.2) is 4.98 Å². The van der Waals surface area contributed by atoms with Crippen molar-refractivity contribution in [1.82, 2.24) is 14.5 Å². The average molecular weight is 565 g/mol. The van der Waals surface area contributed by atoms with E-state index in [-0.39, 0.29) is 13.2 Å². The first kappa shape index (κ1) is 29.5. The van der Waals surface area contributed by atoms with Crippen LogP contribution in [0.4, 0.5) is 13.2 Å². The molecule has 0 spiro atoms. The molecule has 1 aromatic carbocycles. The Morgan fingerprint density at radius 3 is 2.46 bits per heavy atom. The minimum absolute atomic E-state index is 0.0216. The number of hydrogen-bond acceptors (Lipinski definition) is 6. The number of rotatable bonds is 8. The predicted octanol–water partition coefficient (Wildman–Crippen LogP) is 6.45. The summed E-state index contributed by atoms with van der Waals surface area (Å²) < 4.78 is 53.0. The number of aliphatic imine (C=N–C) groups is 1. The van der Waals surface area contributed by atoms with Gasteiger partial charge in [0.05, 0.1) is 30.6 Å². The second kappa shape index (κ2) is 12.0. The molecule has 0 bridgehead atoms. The lowest BCUT2D eigenvalue weighted by molar-refractivity contribution is -0.138. The SMILES string of the molecule is C/C=C(C)\C(=N/C)c1cc(C)nc2c(OCc3c(OC)cc(C)nc3Cn3cccc(C(F)(F)F)c3=O)cccc12. The van der Waals surface area contributed by atoms with Crippen LogP contribution in [0.5, 0.6) is 11.5 Å². The second-order valence-corrected chi connectivity index (χ2v) is 9.54. The number of halogens is 3. The summed E-state index contributed by atoms with van der Waals surface area (Å²) in [6.45, 7) is 7.37. The smallest absolute Gasteiger partial charge is 0.421 e. The lowest BCUT2D eigenvalue weighted by atomic mass is 9.98. The molecular weight excluding hydrogens is 533 g/mol. The molecule has 7 nitrogen and oxygen atoms in total. The third-order valence-corrected chi connectivity index (χ3v) is 6.75. The van der Waals surface area contributed by atoms with Crippen LogP contribution in [0.25, 0.3) is 10.9 Å². The van der Waals surface area contributed by atoms with E-state index in [0.29, 0.717) is 34.0 Å². The van der Waals surface area contributed by atoms with Crippen molar-refractivity contribution in [3.63, 3.8) is 0 Å². The summed E-state index contributed by atoms with van der Waals surface area (Å²) in [5.74, 6) is 0.951. The maximum atomic E-state index is 13.4.